The summed E-state index contributed by atoms with van der Waals surface area (Å²) in [6.45, 7) is 4.84. The first kappa shape index (κ1) is 13.5. The number of hydrogen-bond donors (Lipinski definition) is 0. The molecule has 72 valence electrons. The van der Waals surface area contributed by atoms with Gasteiger partial charge in [-0.3, -0.25) is 6.07 Å². The number of rotatable bonds is 2. The van der Waals surface area contributed by atoms with Crippen molar-refractivity contribution in [2.75, 3.05) is 0 Å². The Bertz CT molecular complexity index is 314. The van der Waals surface area contributed by atoms with Crippen LogP contribution >= 0.6 is 0 Å². The van der Waals surface area contributed by atoms with Crippen molar-refractivity contribution in [1.82, 2.24) is 0 Å². The smallest absolute Gasteiger partial charge is 0.485 e. The van der Waals surface area contributed by atoms with Crippen LogP contribution in [0.2, 0.25) is 0 Å². The molecule has 0 atom stereocenters. The summed E-state index contributed by atoms with van der Waals surface area (Å²) >= 11 is 0. The van der Waals surface area contributed by atoms with Crippen molar-refractivity contribution < 1.29 is 49.0 Å². The normalized spacial score (nSPS) is 10.2. The van der Waals surface area contributed by atoms with Gasteiger partial charge >= 0.3 is 37.5 Å². The van der Waals surface area contributed by atoms with Crippen molar-refractivity contribution >= 4 is 12.4 Å². The van der Waals surface area contributed by atoms with Gasteiger partial charge in [0.25, 0.3) is 0 Å². The Morgan fingerprint density at radius 3 is 2.57 bits per heavy atom. The second-order valence-electron chi connectivity index (χ2n) is 2.09. The van der Waals surface area contributed by atoms with E-state index in [-0.39, 0.29) is 42.6 Å². The van der Waals surface area contributed by atoms with E-state index in [4.69, 9.17) is 6.72 Å². The van der Waals surface area contributed by atoms with Crippen LogP contribution in [0, 0.1) is 37.2 Å². The third-order valence-electron chi connectivity index (χ3n) is 1.13. The molecule has 0 radical (unpaired) electrons. The van der Waals surface area contributed by atoms with E-state index >= 15 is 0 Å². The summed E-state index contributed by atoms with van der Waals surface area (Å²) in [6.07, 6.45) is -4.70. The third-order valence-corrected chi connectivity index (χ3v) is 1.13. The molecule has 0 aliphatic rings. The molecule has 0 bridgehead atoms. The molecule has 0 unspecified atom stereocenters. The molecule has 6 heteroatoms. The number of ether oxygens (including phenoxy) is 1. The van der Waals surface area contributed by atoms with Crippen LogP contribution in [-0.4, -0.2) is 13.1 Å². The van der Waals surface area contributed by atoms with Crippen molar-refractivity contribution in [3.63, 3.8) is 0 Å². The summed E-state index contributed by atoms with van der Waals surface area (Å²) in [5.74, 6) is -0.365. The van der Waals surface area contributed by atoms with E-state index in [1.165, 1.54) is 6.07 Å². The molecule has 0 aromatic heterocycles. The van der Waals surface area contributed by atoms with E-state index in [0.717, 1.165) is 12.1 Å². The Morgan fingerprint density at radius 2 is 2.07 bits per heavy atom. The Morgan fingerprint density at radius 1 is 1.43 bits per heavy atom. The van der Waals surface area contributed by atoms with E-state index in [9.17, 15) is 13.2 Å². The number of halogens is 3. The fourth-order valence-corrected chi connectivity index (χ4v) is 0.705. The minimum absolute atomic E-state index is 0. The summed E-state index contributed by atoms with van der Waals surface area (Å²) in [4.78, 5) is 3.16. The van der Waals surface area contributed by atoms with Gasteiger partial charge < -0.3 is 9.73 Å². The van der Waals surface area contributed by atoms with Crippen LogP contribution in [0.15, 0.2) is 23.2 Å². The molecule has 0 aliphatic carbocycles. The molecule has 0 spiro atoms. The van der Waals surface area contributed by atoms with Gasteiger partial charge in [0.05, 0.1) is 0 Å². The van der Waals surface area contributed by atoms with Gasteiger partial charge in [-0.05, 0) is 0 Å². The Hall–Kier alpha value is -0.468. The van der Waals surface area contributed by atoms with Crippen LogP contribution in [0.1, 0.15) is 0 Å². The average molecular weight is 425 g/mol. The molecule has 0 fully saturated rings. The number of hydrogen-bond acceptors (Lipinski definition) is 2. The molecule has 0 heterocycles. The topological polar surface area (TPSA) is 21.6 Å². The van der Waals surface area contributed by atoms with Gasteiger partial charge in [-0.2, -0.15) is 18.9 Å². The predicted octanol–water partition coefficient (Wildman–Crippen LogP) is 2.59. The van der Waals surface area contributed by atoms with Gasteiger partial charge in [0.1, 0.15) is 0 Å². The maximum atomic E-state index is 11.7. The summed E-state index contributed by atoms with van der Waals surface area (Å²) < 4.78 is 38.7. The molecule has 2 nitrogen and oxygen atoms in total. The Kier molecular flexibility index (Phi) is 5.24. The van der Waals surface area contributed by atoms with Crippen LogP contribution in [-0.2, 0) is 0 Å². The molecule has 1 aromatic carbocycles. The number of aliphatic imine (C=N–C) groups is 1. The van der Waals surface area contributed by atoms with Gasteiger partial charge in [0.2, 0.25) is 0 Å². The molecule has 1 aromatic rings. The molecule has 1 rings (SSSR count). The van der Waals surface area contributed by atoms with Crippen LogP contribution < -0.4 is 4.74 Å². The zero-order valence-corrected chi connectivity index (χ0v) is 11.0. The Labute approximate surface area is 103 Å². The summed E-state index contributed by atoms with van der Waals surface area (Å²) in [5.41, 5.74) is 0.0988. The molecular formula is C8H4F3NOU. The van der Waals surface area contributed by atoms with Crippen LogP contribution in [0.4, 0.5) is 18.9 Å². The maximum Gasteiger partial charge on any atom is 2.00 e. The average Bonchev–Trinajstić information content (AvgIpc) is 2.01. The minimum Gasteiger partial charge on any atom is -0.485 e. The largest absolute Gasteiger partial charge is 2.00 e. The first-order chi connectivity index (χ1) is 6.01. The summed E-state index contributed by atoms with van der Waals surface area (Å²) in [5, 5.41) is 0. The molecular weight excluding hydrogens is 421 g/mol. The standard InChI is InChI=1S/C8H4F3NO.U/c1-12-6-3-2-4-7(5-6)13-8(9,10)11;/h1-2,4-5H;/q-2;+2. The van der Waals surface area contributed by atoms with Crippen molar-refractivity contribution in [3.05, 3.63) is 24.3 Å². The van der Waals surface area contributed by atoms with E-state index in [1.54, 1.807) is 0 Å². The van der Waals surface area contributed by atoms with Gasteiger partial charge in [-0.15, -0.1) is 19.2 Å². The summed E-state index contributed by atoms with van der Waals surface area (Å²) in [6, 6.07) is 5.90. The fourth-order valence-electron chi connectivity index (χ4n) is 0.705. The monoisotopic (exact) mass is 425 g/mol. The molecule has 0 N–H and O–H groups in total. The van der Waals surface area contributed by atoms with Crippen molar-refractivity contribution in [1.29, 1.82) is 0 Å². The van der Waals surface area contributed by atoms with E-state index in [0.29, 0.717) is 0 Å². The third kappa shape index (κ3) is 4.68. The van der Waals surface area contributed by atoms with E-state index in [2.05, 4.69) is 15.8 Å². The number of benzene rings is 1. The molecule has 0 saturated heterocycles. The zero-order valence-electron chi connectivity index (χ0n) is 6.80. The van der Waals surface area contributed by atoms with Gasteiger partial charge in [0, 0.05) is 5.75 Å². The Balaban J connectivity index is 0.00000169. The molecule has 0 aliphatic heterocycles. The quantitative estimate of drug-likeness (QED) is 0.528. The van der Waals surface area contributed by atoms with Crippen LogP contribution in [0.5, 0.6) is 5.75 Å². The van der Waals surface area contributed by atoms with Crippen LogP contribution in [0.25, 0.3) is 0 Å². The second kappa shape index (κ2) is 5.42. The van der Waals surface area contributed by atoms with E-state index < -0.39 is 6.36 Å². The predicted molar refractivity (Wildman–Crippen MR) is 40.1 cm³/mol. The SMILES string of the molecule is [CH-]=Nc1[c-]ccc(OC(F)(F)F)c1.[U+2]. The first-order valence-electron chi connectivity index (χ1n) is 3.20. The second-order valence-corrected chi connectivity index (χ2v) is 2.09. The van der Waals surface area contributed by atoms with Crippen molar-refractivity contribution in [3.8, 4) is 5.75 Å². The molecule has 0 saturated carbocycles. The fraction of sp³-hybridized carbons (Fsp3) is 0.125. The van der Waals surface area contributed by atoms with Gasteiger partial charge in [0.15, 0.2) is 0 Å². The number of nitrogens with zero attached hydrogens (tertiary/aromatic N) is 1. The van der Waals surface area contributed by atoms with E-state index in [1.807, 2.05) is 0 Å². The van der Waals surface area contributed by atoms with Gasteiger partial charge in [-0.25, -0.2) is 5.69 Å². The first-order valence-corrected chi connectivity index (χ1v) is 3.20. The minimum atomic E-state index is -4.70. The molecule has 14 heavy (non-hydrogen) atoms. The van der Waals surface area contributed by atoms with Crippen molar-refractivity contribution in [2.24, 2.45) is 4.99 Å². The molecule has 0 amide bonds. The summed E-state index contributed by atoms with van der Waals surface area (Å²) in [7, 11) is 0. The zero-order chi connectivity index (χ0) is 9.90. The van der Waals surface area contributed by atoms with Gasteiger partial charge in [-0.1, -0.05) is 0 Å². The number of alkyl halides is 3. The van der Waals surface area contributed by atoms with Crippen LogP contribution in [0.3, 0.4) is 0 Å². The van der Waals surface area contributed by atoms with Crippen molar-refractivity contribution in [2.45, 2.75) is 6.36 Å². The maximum absolute atomic E-state index is 11.7.